The van der Waals surface area contributed by atoms with E-state index in [0.717, 1.165) is 36.5 Å². The maximum Gasteiger partial charge on any atom is 0.119 e. The van der Waals surface area contributed by atoms with Crippen LogP contribution in [0.1, 0.15) is 45.4 Å². The molecule has 2 nitrogen and oxygen atoms in total. The minimum Gasteiger partial charge on any atom is -0.494 e. The van der Waals surface area contributed by atoms with Gasteiger partial charge in [0.25, 0.3) is 0 Å². The normalized spacial score (nSPS) is 16.7. The van der Waals surface area contributed by atoms with Gasteiger partial charge in [-0.3, -0.25) is 0 Å². The van der Waals surface area contributed by atoms with Gasteiger partial charge in [-0.2, -0.15) is 0 Å². The Balaban J connectivity index is 1.48. The van der Waals surface area contributed by atoms with Crippen molar-refractivity contribution in [2.24, 2.45) is 5.41 Å². The number of hydrogen-bond donors (Lipinski definition) is 0. The molecule has 0 saturated carbocycles. The monoisotopic (exact) mass is 340 g/mol. The molecule has 1 aliphatic heterocycles. The third kappa shape index (κ3) is 4.78. The van der Waals surface area contributed by atoms with E-state index in [-0.39, 0.29) is 0 Å². The summed E-state index contributed by atoms with van der Waals surface area (Å²) in [6.07, 6.45) is 7.64. The molecule has 0 N–H and O–H groups in total. The van der Waals surface area contributed by atoms with Crippen LogP contribution >= 0.6 is 15.9 Å². The quantitative estimate of drug-likeness (QED) is 0.575. The third-order valence-corrected chi connectivity index (χ3v) is 4.78. The summed E-state index contributed by atoms with van der Waals surface area (Å²) in [4.78, 5) is 0. The molecule has 20 heavy (non-hydrogen) atoms. The van der Waals surface area contributed by atoms with Crippen LogP contribution in [0.15, 0.2) is 28.7 Å². The summed E-state index contributed by atoms with van der Waals surface area (Å²) in [6.45, 7) is 5.07. The van der Waals surface area contributed by atoms with Crippen LogP contribution < -0.4 is 4.74 Å². The lowest BCUT2D eigenvalue weighted by molar-refractivity contribution is -0.120. The molecule has 0 unspecified atom stereocenters. The molecule has 1 heterocycles. The fourth-order valence-corrected chi connectivity index (χ4v) is 2.86. The highest BCUT2D eigenvalue weighted by Crippen LogP contribution is 2.36. The smallest absolute Gasteiger partial charge is 0.119 e. The highest BCUT2D eigenvalue weighted by atomic mass is 79.9. The van der Waals surface area contributed by atoms with Crippen LogP contribution in [-0.4, -0.2) is 19.8 Å². The van der Waals surface area contributed by atoms with Gasteiger partial charge in [-0.25, -0.2) is 0 Å². The summed E-state index contributed by atoms with van der Waals surface area (Å²) in [5.41, 5.74) is 0.522. The summed E-state index contributed by atoms with van der Waals surface area (Å²) in [7, 11) is 0. The molecule has 0 amide bonds. The van der Waals surface area contributed by atoms with Crippen molar-refractivity contribution in [1.29, 1.82) is 0 Å². The third-order valence-electron chi connectivity index (χ3n) is 4.25. The second-order valence-corrected chi connectivity index (χ2v) is 6.73. The number of halogens is 1. The molecule has 0 aromatic heterocycles. The molecule has 1 saturated heterocycles. The number of ether oxygens (including phenoxy) is 2. The second kappa shape index (κ2) is 8.04. The maximum atomic E-state index is 5.72. The summed E-state index contributed by atoms with van der Waals surface area (Å²) >= 11 is 3.42. The Labute approximate surface area is 131 Å². The molecule has 2 rings (SSSR count). The van der Waals surface area contributed by atoms with E-state index in [0.29, 0.717) is 5.41 Å². The van der Waals surface area contributed by atoms with Crippen molar-refractivity contribution in [2.75, 3.05) is 19.8 Å². The molecule has 0 atom stereocenters. The highest BCUT2D eigenvalue weighted by Gasteiger charge is 2.35. The molecule has 1 fully saturated rings. The molecule has 3 heteroatoms. The lowest BCUT2D eigenvalue weighted by Crippen LogP contribution is -2.41. The molecule has 112 valence electrons. The van der Waals surface area contributed by atoms with Gasteiger partial charge in [0, 0.05) is 9.89 Å². The molecular formula is C17H25BrO2. The molecular weight excluding hydrogens is 316 g/mol. The first kappa shape index (κ1) is 15.8. The Bertz CT molecular complexity index is 379. The van der Waals surface area contributed by atoms with Crippen LogP contribution in [0.3, 0.4) is 0 Å². The lowest BCUT2D eigenvalue weighted by Gasteiger charge is -2.41. The van der Waals surface area contributed by atoms with Gasteiger partial charge in [-0.05, 0) is 43.5 Å². The molecule has 0 aliphatic carbocycles. The van der Waals surface area contributed by atoms with Gasteiger partial charge in [0.2, 0.25) is 0 Å². The standard InChI is InChI=1S/C17H25BrO2/c1-2-17(13-19-14-17)11-5-3-4-6-12-20-16-9-7-15(18)8-10-16/h7-10H,2-6,11-14H2,1H3. The van der Waals surface area contributed by atoms with E-state index < -0.39 is 0 Å². The van der Waals surface area contributed by atoms with Crippen LogP contribution in [0.2, 0.25) is 0 Å². The first-order valence-corrected chi connectivity index (χ1v) is 8.49. The van der Waals surface area contributed by atoms with Crippen LogP contribution in [0.25, 0.3) is 0 Å². The van der Waals surface area contributed by atoms with E-state index in [1.54, 1.807) is 0 Å². The van der Waals surface area contributed by atoms with Crippen molar-refractivity contribution in [2.45, 2.75) is 45.4 Å². The van der Waals surface area contributed by atoms with E-state index in [1.807, 2.05) is 24.3 Å². The van der Waals surface area contributed by atoms with Gasteiger partial charge < -0.3 is 9.47 Å². The minimum atomic E-state index is 0.522. The highest BCUT2D eigenvalue weighted by molar-refractivity contribution is 9.10. The predicted molar refractivity (Wildman–Crippen MR) is 86.3 cm³/mol. The maximum absolute atomic E-state index is 5.72. The molecule has 1 aliphatic rings. The average molecular weight is 341 g/mol. The average Bonchev–Trinajstić information content (AvgIpc) is 2.42. The van der Waals surface area contributed by atoms with E-state index in [1.165, 1.54) is 32.1 Å². The van der Waals surface area contributed by atoms with Crippen LogP contribution in [0.5, 0.6) is 5.75 Å². The molecule has 1 aromatic rings. The summed E-state index contributed by atoms with van der Waals surface area (Å²) in [6, 6.07) is 8.04. The van der Waals surface area contributed by atoms with Gasteiger partial charge in [0.1, 0.15) is 5.75 Å². The van der Waals surface area contributed by atoms with Gasteiger partial charge >= 0.3 is 0 Å². The summed E-state index contributed by atoms with van der Waals surface area (Å²) in [5, 5.41) is 0. The molecule has 0 spiro atoms. The Morgan fingerprint density at radius 3 is 2.40 bits per heavy atom. The van der Waals surface area contributed by atoms with Gasteiger partial charge in [-0.1, -0.05) is 42.1 Å². The molecule has 0 bridgehead atoms. The SMILES string of the molecule is CCC1(CCCCCCOc2ccc(Br)cc2)COC1. The Kier molecular flexibility index (Phi) is 6.37. The predicted octanol–water partition coefficient (Wildman–Crippen LogP) is 5.21. The zero-order valence-electron chi connectivity index (χ0n) is 12.4. The Morgan fingerprint density at radius 2 is 1.80 bits per heavy atom. The fraction of sp³-hybridized carbons (Fsp3) is 0.647. The summed E-state index contributed by atoms with van der Waals surface area (Å²) in [5.74, 6) is 0.963. The number of rotatable bonds is 9. The van der Waals surface area contributed by atoms with E-state index in [2.05, 4.69) is 22.9 Å². The van der Waals surface area contributed by atoms with Crippen molar-refractivity contribution in [3.63, 3.8) is 0 Å². The zero-order valence-corrected chi connectivity index (χ0v) is 14.0. The van der Waals surface area contributed by atoms with Crippen LogP contribution in [0.4, 0.5) is 0 Å². The number of hydrogen-bond acceptors (Lipinski definition) is 2. The van der Waals surface area contributed by atoms with E-state index in [4.69, 9.17) is 9.47 Å². The number of unbranched alkanes of at least 4 members (excludes halogenated alkanes) is 3. The minimum absolute atomic E-state index is 0.522. The van der Waals surface area contributed by atoms with Crippen molar-refractivity contribution >= 4 is 15.9 Å². The Hall–Kier alpha value is -0.540. The fourth-order valence-electron chi connectivity index (χ4n) is 2.59. The second-order valence-electron chi connectivity index (χ2n) is 5.81. The van der Waals surface area contributed by atoms with Crippen LogP contribution in [0, 0.1) is 5.41 Å². The lowest BCUT2D eigenvalue weighted by atomic mass is 9.78. The van der Waals surface area contributed by atoms with Gasteiger partial charge in [0.05, 0.1) is 19.8 Å². The summed E-state index contributed by atoms with van der Waals surface area (Å²) < 4.78 is 12.2. The molecule has 1 aromatic carbocycles. The van der Waals surface area contributed by atoms with E-state index in [9.17, 15) is 0 Å². The van der Waals surface area contributed by atoms with Crippen molar-refractivity contribution in [1.82, 2.24) is 0 Å². The topological polar surface area (TPSA) is 18.5 Å². The van der Waals surface area contributed by atoms with Gasteiger partial charge in [-0.15, -0.1) is 0 Å². The van der Waals surface area contributed by atoms with Crippen molar-refractivity contribution in [3.8, 4) is 5.75 Å². The first-order chi connectivity index (χ1) is 9.74. The largest absolute Gasteiger partial charge is 0.494 e. The van der Waals surface area contributed by atoms with Gasteiger partial charge in [0.15, 0.2) is 0 Å². The zero-order chi connectivity index (χ0) is 14.3. The number of benzene rings is 1. The first-order valence-electron chi connectivity index (χ1n) is 7.70. The van der Waals surface area contributed by atoms with Crippen molar-refractivity contribution < 1.29 is 9.47 Å². The van der Waals surface area contributed by atoms with E-state index >= 15 is 0 Å². The van der Waals surface area contributed by atoms with Crippen LogP contribution in [-0.2, 0) is 4.74 Å². The molecule has 0 radical (unpaired) electrons. The van der Waals surface area contributed by atoms with Crippen molar-refractivity contribution in [3.05, 3.63) is 28.7 Å². The Morgan fingerprint density at radius 1 is 1.10 bits per heavy atom.